The minimum atomic E-state index is 0.871. The molecule has 0 atom stereocenters. The number of aromatic nitrogens is 2. The minimum absolute atomic E-state index is 0.871. The Kier molecular flexibility index (Phi) is 3.17. The van der Waals surface area contributed by atoms with Crippen molar-refractivity contribution in [3.63, 3.8) is 0 Å². The van der Waals surface area contributed by atoms with E-state index in [4.69, 9.17) is 4.98 Å². The Hall–Kier alpha value is -1.11. The molecule has 2 aliphatic rings. The van der Waals surface area contributed by atoms with Gasteiger partial charge < -0.3 is 10.2 Å². The summed E-state index contributed by atoms with van der Waals surface area (Å²) in [7, 11) is 2.00. The molecule has 1 saturated carbocycles. The quantitative estimate of drug-likeness (QED) is 0.924. The first-order valence-corrected chi connectivity index (χ1v) is 8.33. The van der Waals surface area contributed by atoms with E-state index >= 15 is 0 Å². The van der Waals surface area contributed by atoms with Gasteiger partial charge >= 0.3 is 0 Å². The van der Waals surface area contributed by atoms with Crippen LogP contribution in [0.4, 0.5) is 5.82 Å². The second-order valence-corrected chi connectivity index (χ2v) is 6.60. The van der Waals surface area contributed by atoms with Crippen LogP contribution in [-0.4, -0.2) is 53.6 Å². The first-order chi connectivity index (χ1) is 9.86. The van der Waals surface area contributed by atoms with Gasteiger partial charge in [0.05, 0.1) is 5.69 Å². The molecule has 20 heavy (non-hydrogen) atoms. The van der Waals surface area contributed by atoms with Crippen molar-refractivity contribution in [3.8, 4) is 0 Å². The fourth-order valence-electron chi connectivity index (χ4n) is 3.14. The number of anilines is 1. The van der Waals surface area contributed by atoms with Crippen LogP contribution in [0.1, 0.15) is 18.5 Å². The predicted molar refractivity (Wildman–Crippen MR) is 82.6 cm³/mol. The average Bonchev–Trinajstić information content (AvgIpc) is 3.13. The van der Waals surface area contributed by atoms with Crippen molar-refractivity contribution in [3.05, 3.63) is 17.3 Å². The third-order valence-electron chi connectivity index (χ3n) is 4.36. The largest absolute Gasteiger partial charge is 0.352 e. The van der Waals surface area contributed by atoms with E-state index in [2.05, 4.69) is 31.1 Å². The van der Waals surface area contributed by atoms with Crippen molar-refractivity contribution >= 4 is 22.1 Å². The smallest absolute Gasteiger partial charge is 0.195 e. The van der Waals surface area contributed by atoms with Gasteiger partial charge in [-0.05, 0) is 19.9 Å². The van der Waals surface area contributed by atoms with Gasteiger partial charge in [0.2, 0.25) is 0 Å². The lowest BCUT2D eigenvalue weighted by atomic mass is 10.3. The van der Waals surface area contributed by atoms with Crippen LogP contribution in [0.15, 0.2) is 11.6 Å². The number of nitrogens with one attached hydrogen (secondary N) is 1. The molecule has 0 bridgehead atoms. The maximum absolute atomic E-state index is 4.85. The summed E-state index contributed by atoms with van der Waals surface area (Å²) in [5.41, 5.74) is 1.30. The number of thiazole rings is 1. The molecule has 0 amide bonds. The van der Waals surface area contributed by atoms with Crippen molar-refractivity contribution in [1.29, 1.82) is 0 Å². The van der Waals surface area contributed by atoms with Crippen LogP contribution in [0.3, 0.4) is 0 Å². The van der Waals surface area contributed by atoms with E-state index in [9.17, 15) is 0 Å². The topological polar surface area (TPSA) is 35.8 Å². The molecule has 1 aliphatic carbocycles. The van der Waals surface area contributed by atoms with Crippen LogP contribution in [0.2, 0.25) is 0 Å². The number of piperazine rings is 1. The highest BCUT2D eigenvalue weighted by Gasteiger charge is 2.32. The fourth-order valence-corrected chi connectivity index (χ4v) is 3.87. The Bertz CT molecular complexity index is 592. The molecular weight excluding hydrogens is 270 g/mol. The van der Waals surface area contributed by atoms with E-state index in [-0.39, 0.29) is 0 Å². The van der Waals surface area contributed by atoms with Gasteiger partial charge in [0.25, 0.3) is 0 Å². The highest BCUT2D eigenvalue weighted by atomic mass is 32.1. The molecule has 0 unspecified atom stereocenters. The number of nitrogens with zero attached hydrogens (tertiary/aromatic N) is 4. The van der Waals surface area contributed by atoms with Crippen molar-refractivity contribution < 1.29 is 0 Å². The molecule has 2 fully saturated rings. The van der Waals surface area contributed by atoms with Gasteiger partial charge in [-0.2, -0.15) is 0 Å². The Morgan fingerprint density at radius 2 is 2.10 bits per heavy atom. The molecule has 1 aliphatic heterocycles. The Morgan fingerprint density at radius 1 is 1.30 bits per heavy atom. The summed E-state index contributed by atoms with van der Waals surface area (Å²) in [6, 6.07) is 0.888. The summed E-state index contributed by atoms with van der Waals surface area (Å²) in [6.45, 7) is 5.47. The van der Waals surface area contributed by atoms with Gasteiger partial charge in [-0.25, -0.2) is 4.98 Å². The molecule has 108 valence electrons. The number of imidazole rings is 1. The molecule has 1 saturated heterocycles. The third-order valence-corrected chi connectivity index (χ3v) is 5.12. The van der Waals surface area contributed by atoms with Crippen LogP contribution in [-0.2, 0) is 6.54 Å². The van der Waals surface area contributed by atoms with Gasteiger partial charge in [0.15, 0.2) is 10.8 Å². The molecule has 5 nitrogen and oxygen atoms in total. The summed E-state index contributed by atoms with van der Waals surface area (Å²) in [5.74, 6) is 1.18. The van der Waals surface area contributed by atoms with Crippen molar-refractivity contribution in [2.45, 2.75) is 25.4 Å². The molecule has 0 aromatic carbocycles. The normalized spacial score (nSPS) is 20.9. The highest BCUT2D eigenvalue weighted by Crippen LogP contribution is 2.30. The zero-order valence-corrected chi connectivity index (χ0v) is 12.7. The Labute approximate surface area is 123 Å². The van der Waals surface area contributed by atoms with Gasteiger partial charge in [-0.3, -0.25) is 9.30 Å². The number of rotatable bonds is 4. The molecule has 2 aromatic heterocycles. The molecular formula is C14H21N5S. The third kappa shape index (κ3) is 2.12. The summed E-state index contributed by atoms with van der Waals surface area (Å²) in [6.07, 6.45) is 4.94. The van der Waals surface area contributed by atoms with Gasteiger partial charge in [-0.1, -0.05) is 0 Å². The van der Waals surface area contributed by atoms with Crippen LogP contribution >= 0.6 is 11.3 Å². The molecule has 0 spiro atoms. The van der Waals surface area contributed by atoms with Gasteiger partial charge in [0, 0.05) is 50.3 Å². The SMILES string of the molecule is CNCc1c(N2CCN(C3CC3)CC2)nc2sccn12. The van der Waals surface area contributed by atoms with Crippen molar-refractivity contribution in [2.75, 3.05) is 38.1 Å². The van der Waals surface area contributed by atoms with E-state index < -0.39 is 0 Å². The van der Waals surface area contributed by atoms with Crippen molar-refractivity contribution in [2.24, 2.45) is 0 Å². The van der Waals surface area contributed by atoms with Crippen LogP contribution in [0.25, 0.3) is 4.96 Å². The summed E-state index contributed by atoms with van der Waals surface area (Å²) < 4.78 is 2.23. The molecule has 6 heteroatoms. The van der Waals surface area contributed by atoms with Crippen LogP contribution < -0.4 is 10.2 Å². The number of fused-ring (bicyclic) bond motifs is 1. The lowest BCUT2D eigenvalue weighted by Crippen LogP contribution is -2.47. The maximum Gasteiger partial charge on any atom is 0.195 e. The van der Waals surface area contributed by atoms with E-state index in [0.29, 0.717) is 0 Å². The standard InChI is InChI=1S/C14H21N5S/c1-15-10-12-13(16-14-19(12)8-9-20-14)18-6-4-17(5-7-18)11-2-3-11/h8-9,11,15H,2-7,10H2,1H3. The lowest BCUT2D eigenvalue weighted by molar-refractivity contribution is 0.247. The van der Waals surface area contributed by atoms with Gasteiger partial charge in [0.1, 0.15) is 0 Å². The second kappa shape index (κ2) is 5.02. The van der Waals surface area contributed by atoms with Crippen LogP contribution in [0, 0.1) is 0 Å². The first-order valence-electron chi connectivity index (χ1n) is 7.45. The predicted octanol–water partition coefficient (Wildman–Crippen LogP) is 1.40. The van der Waals surface area contributed by atoms with E-state index in [1.54, 1.807) is 11.3 Å². The summed E-state index contributed by atoms with van der Waals surface area (Å²) >= 11 is 1.71. The highest BCUT2D eigenvalue weighted by molar-refractivity contribution is 7.15. The lowest BCUT2D eigenvalue weighted by Gasteiger charge is -2.35. The minimum Gasteiger partial charge on any atom is -0.352 e. The number of hydrogen-bond acceptors (Lipinski definition) is 5. The second-order valence-electron chi connectivity index (χ2n) is 5.72. The molecule has 0 radical (unpaired) electrons. The average molecular weight is 291 g/mol. The Morgan fingerprint density at radius 3 is 2.80 bits per heavy atom. The molecule has 1 N–H and O–H groups in total. The van der Waals surface area contributed by atoms with E-state index in [1.807, 2.05) is 7.05 Å². The van der Waals surface area contributed by atoms with E-state index in [1.165, 1.54) is 37.4 Å². The van der Waals surface area contributed by atoms with Gasteiger partial charge in [-0.15, -0.1) is 11.3 Å². The summed E-state index contributed by atoms with van der Waals surface area (Å²) in [5, 5.41) is 5.38. The van der Waals surface area contributed by atoms with Crippen molar-refractivity contribution in [1.82, 2.24) is 19.6 Å². The Balaban J connectivity index is 1.57. The zero-order valence-electron chi connectivity index (χ0n) is 11.9. The number of hydrogen-bond donors (Lipinski definition) is 1. The van der Waals surface area contributed by atoms with E-state index in [0.717, 1.165) is 30.6 Å². The molecule has 3 heterocycles. The monoisotopic (exact) mass is 291 g/mol. The molecule has 4 rings (SSSR count). The van der Waals surface area contributed by atoms with Crippen LogP contribution in [0.5, 0.6) is 0 Å². The maximum atomic E-state index is 4.85. The molecule has 2 aromatic rings. The zero-order chi connectivity index (χ0) is 13.5. The fraction of sp³-hybridized carbons (Fsp3) is 0.643. The first kappa shape index (κ1) is 12.6. The summed E-state index contributed by atoms with van der Waals surface area (Å²) in [4.78, 5) is 11.1.